The first-order valence-corrected chi connectivity index (χ1v) is 10.6. The normalized spacial score (nSPS) is 20.4. The summed E-state index contributed by atoms with van der Waals surface area (Å²) in [5.74, 6) is 2.65. The SMILES string of the molecule is COc1cc(N(C2CC2)C2CCN(c3cc4c(nn3)CCN(C)C4)CC2)ncn1. The van der Waals surface area contributed by atoms with Gasteiger partial charge in [0.2, 0.25) is 5.88 Å². The maximum Gasteiger partial charge on any atom is 0.218 e. The monoisotopic (exact) mass is 395 g/mol. The summed E-state index contributed by atoms with van der Waals surface area (Å²) in [6, 6.07) is 5.32. The van der Waals surface area contributed by atoms with E-state index >= 15 is 0 Å². The Morgan fingerprint density at radius 1 is 1.00 bits per heavy atom. The van der Waals surface area contributed by atoms with Gasteiger partial charge in [-0.3, -0.25) is 0 Å². The summed E-state index contributed by atoms with van der Waals surface area (Å²) >= 11 is 0. The number of rotatable bonds is 5. The molecule has 1 aliphatic carbocycles. The van der Waals surface area contributed by atoms with Gasteiger partial charge in [0.15, 0.2) is 5.82 Å². The highest BCUT2D eigenvalue weighted by atomic mass is 16.5. The third kappa shape index (κ3) is 3.85. The van der Waals surface area contributed by atoms with Crippen molar-refractivity contribution in [3.05, 3.63) is 29.7 Å². The van der Waals surface area contributed by atoms with E-state index in [1.54, 1.807) is 13.4 Å². The van der Waals surface area contributed by atoms with Crippen LogP contribution in [-0.4, -0.2) is 70.9 Å². The molecule has 4 heterocycles. The minimum Gasteiger partial charge on any atom is -0.481 e. The Bertz CT molecular complexity index is 864. The van der Waals surface area contributed by atoms with Crippen LogP contribution in [0.4, 0.5) is 11.6 Å². The molecule has 29 heavy (non-hydrogen) atoms. The van der Waals surface area contributed by atoms with Crippen LogP contribution >= 0.6 is 0 Å². The number of aromatic nitrogens is 4. The largest absolute Gasteiger partial charge is 0.481 e. The molecule has 0 aromatic carbocycles. The van der Waals surface area contributed by atoms with Gasteiger partial charge < -0.3 is 19.4 Å². The highest BCUT2D eigenvalue weighted by molar-refractivity contribution is 5.47. The predicted molar refractivity (Wildman–Crippen MR) is 111 cm³/mol. The second-order valence-electron chi connectivity index (χ2n) is 8.44. The van der Waals surface area contributed by atoms with E-state index in [1.807, 2.05) is 6.07 Å². The molecule has 8 nitrogen and oxygen atoms in total. The zero-order valence-corrected chi connectivity index (χ0v) is 17.3. The second kappa shape index (κ2) is 7.74. The van der Waals surface area contributed by atoms with Crippen molar-refractivity contribution in [3.8, 4) is 5.88 Å². The Morgan fingerprint density at radius 3 is 2.55 bits per heavy atom. The summed E-state index contributed by atoms with van der Waals surface area (Å²) in [5.41, 5.74) is 2.50. The third-order valence-electron chi connectivity index (χ3n) is 6.34. The molecule has 0 amide bonds. The summed E-state index contributed by atoms with van der Waals surface area (Å²) in [7, 11) is 3.83. The van der Waals surface area contributed by atoms with Crippen LogP contribution in [0.1, 0.15) is 36.9 Å². The van der Waals surface area contributed by atoms with Crippen molar-refractivity contribution in [1.82, 2.24) is 25.1 Å². The number of nitrogens with zero attached hydrogens (tertiary/aromatic N) is 7. The van der Waals surface area contributed by atoms with Crippen LogP contribution in [0.15, 0.2) is 18.5 Å². The average molecular weight is 396 g/mol. The number of fused-ring (bicyclic) bond motifs is 1. The van der Waals surface area contributed by atoms with Gasteiger partial charge in [0, 0.05) is 50.7 Å². The number of likely N-dealkylation sites (N-methyl/N-ethyl adjacent to an activating group) is 1. The lowest BCUT2D eigenvalue weighted by molar-refractivity contribution is 0.308. The zero-order valence-electron chi connectivity index (χ0n) is 17.3. The molecule has 2 aromatic rings. The van der Waals surface area contributed by atoms with Crippen LogP contribution in [0, 0.1) is 0 Å². The van der Waals surface area contributed by atoms with Gasteiger partial charge in [0.25, 0.3) is 0 Å². The molecule has 1 saturated heterocycles. The number of hydrogen-bond donors (Lipinski definition) is 0. The molecule has 1 saturated carbocycles. The van der Waals surface area contributed by atoms with Gasteiger partial charge in [-0.15, -0.1) is 5.10 Å². The fraction of sp³-hybridized carbons (Fsp3) is 0.619. The van der Waals surface area contributed by atoms with Crippen molar-refractivity contribution >= 4 is 11.6 Å². The maximum absolute atomic E-state index is 5.32. The lowest BCUT2D eigenvalue weighted by atomic mass is 10.0. The predicted octanol–water partition coefficient (Wildman–Crippen LogP) is 1.90. The Balaban J connectivity index is 1.29. The minimum absolute atomic E-state index is 0.495. The average Bonchev–Trinajstić information content (AvgIpc) is 3.59. The van der Waals surface area contributed by atoms with Crippen LogP contribution in [0.3, 0.4) is 0 Å². The molecule has 0 N–H and O–H groups in total. The van der Waals surface area contributed by atoms with Gasteiger partial charge in [0.05, 0.1) is 12.8 Å². The van der Waals surface area contributed by atoms with Crippen LogP contribution in [0.25, 0.3) is 0 Å². The molecule has 0 unspecified atom stereocenters. The van der Waals surface area contributed by atoms with Gasteiger partial charge in [-0.05, 0) is 44.4 Å². The lowest BCUT2D eigenvalue weighted by Gasteiger charge is -2.40. The Labute approximate surface area is 171 Å². The first-order valence-electron chi connectivity index (χ1n) is 10.6. The second-order valence-corrected chi connectivity index (χ2v) is 8.44. The molecule has 5 rings (SSSR count). The van der Waals surface area contributed by atoms with E-state index in [4.69, 9.17) is 4.74 Å². The molecule has 0 spiro atoms. The Morgan fingerprint density at radius 2 is 1.79 bits per heavy atom. The number of piperidine rings is 1. The highest BCUT2D eigenvalue weighted by Gasteiger charge is 2.37. The molecule has 2 aliphatic heterocycles. The Hall–Kier alpha value is -2.48. The number of methoxy groups -OCH3 is 1. The van der Waals surface area contributed by atoms with E-state index in [1.165, 1.54) is 24.1 Å². The summed E-state index contributed by atoms with van der Waals surface area (Å²) in [6.07, 6.45) is 7.30. The Kier molecular flexibility index (Phi) is 4.95. The standard InChI is InChI=1S/C21H29N7O/c1-26-8-7-18-15(13-26)11-20(25-24-18)27-9-5-17(6-10-27)28(16-3-4-16)19-12-21(29-2)23-14-22-19/h11-12,14,16-17H,3-10,13H2,1-2H3. The summed E-state index contributed by atoms with van der Waals surface area (Å²) in [5, 5.41) is 9.07. The van der Waals surface area contributed by atoms with Gasteiger partial charge >= 0.3 is 0 Å². The zero-order chi connectivity index (χ0) is 19.8. The fourth-order valence-corrected chi connectivity index (χ4v) is 4.59. The van der Waals surface area contributed by atoms with Gasteiger partial charge in [-0.1, -0.05) is 0 Å². The van der Waals surface area contributed by atoms with Crippen LogP contribution in [0.5, 0.6) is 5.88 Å². The molecule has 0 radical (unpaired) electrons. The van der Waals surface area contributed by atoms with Gasteiger partial charge in [0.1, 0.15) is 12.1 Å². The molecular weight excluding hydrogens is 366 g/mol. The van der Waals surface area contributed by atoms with E-state index in [-0.39, 0.29) is 0 Å². The topological polar surface area (TPSA) is 70.5 Å². The number of ether oxygens (including phenoxy) is 1. The first kappa shape index (κ1) is 18.5. The number of anilines is 2. The van der Waals surface area contributed by atoms with Gasteiger partial charge in [-0.25, -0.2) is 9.97 Å². The molecule has 154 valence electrons. The van der Waals surface area contributed by atoms with Crippen LogP contribution in [0.2, 0.25) is 0 Å². The van der Waals surface area contributed by atoms with Crippen molar-refractivity contribution in [1.29, 1.82) is 0 Å². The summed E-state index contributed by atoms with van der Waals surface area (Å²) < 4.78 is 5.32. The van der Waals surface area contributed by atoms with Crippen molar-refractivity contribution in [2.24, 2.45) is 0 Å². The molecule has 0 atom stereocenters. The lowest BCUT2D eigenvalue weighted by Crippen LogP contribution is -2.46. The van der Waals surface area contributed by atoms with Crippen LogP contribution < -0.4 is 14.5 Å². The van der Waals surface area contributed by atoms with E-state index in [9.17, 15) is 0 Å². The summed E-state index contributed by atoms with van der Waals surface area (Å²) in [4.78, 5) is 16.0. The molecule has 2 fully saturated rings. The van der Waals surface area contributed by atoms with Gasteiger partial charge in [-0.2, -0.15) is 5.10 Å². The van der Waals surface area contributed by atoms with E-state index in [2.05, 4.69) is 48.0 Å². The smallest absolute Gasteiger partial charge is 0.218 e. The quantitative estimate of drug-likeness (QED) is 0.760. The van der Waals surface area contributed by atoms with Crippen molar-refractivity contribution in [2.75, 3.05) is 43.6 Å². The molecule has 3 aliphatic rings. The van der Waals surface area contributed by atoms with Crippen molar-refractivity contribution in [2.45, 2.75) is 50.7 Å². The van der Waals surface area contributed by atoms with E-state index < -0.39 is 0 Å². The van der Waals surface area contributed by atoms with E-state index in [0.717, 1.165) is 57.1 Å². The molecule has 2 aromatic heterocycles. The molecule has 8 heteroatoms. The van der Waals surface area contributed by atoms with E-state index in [0.29, 0.717) is 18.0 Å². The number of hydrogen-bond acceptors (Lipinski definition) is 8. The third-order valence-corrected chi connectivity index (χ3v) is 6.34. The van der Waals surface area contributed by atoms with Crippen molar-refractivity contribution < 1.29 is 4.74 Å². The first-order chi connectivity index (χ1) is 14.2. The minimum atomic E-state index is 0.495. The highest BCUT2D eigenvalue weighted by Crippen LogP contribution is 2.36. The molecule has 0 bridgehead atoms. The maximum atomic E-state index is 5.32. The fourth-order valence-electron chi connectivity index (χ4n) is 4.59. The van der Waals surface area contributed by atoms with Crippen LogP contribution in [-0.2, 0) is 13.0 Å². The molecular formula is C21H29N7O. The summed E-state index contributed by atoms with van der Waals surface area (Å²) in [6.45, 7) is 4.04. The van der Waals surface area contributed by atoms with Crippen molar-refractivity contribution in [3.63, 3.8) is 0 Å².